The van der Waals surface area contributed by atoms with Gasteiger partial charge >= 0.3 is 0 Å². The molecule has 122 valence electrons. The van der Waals surface area contributed by atoms with Crippen LogP contribution >= 0.6 is 34.9 Å². The molecule has 0 spiro atoms. The van der Waals surface area contributed by atoms with E-state index in [4.69, 9.17) is 0 Å². The van der Waals surface area contributed by atoms with Gasteiger partial charge in [-0.15, -0.1) is 10.2 Å². The Kier molecular flexibility index (Phi) is 5.96. The quantitative estimate of drug-likeness (QED) is 0.712. The van der Waals surface area contributed by atoms with Crippen molar-refractivity contribution < 1.29 is 4.79 Å². The lowest BCUT2D eigenvalue weighted by Crippen LogP contribution is -2.29. The highest BCUT2D eigenvalue weighted by Crippen LogP contribution is 2.39. The van der Waals surface area contributed by atoms with Gasteiger partial charge in [-0.1, -0.05) is 72.1 Å². The SMILES string of the molecule is CCCSc1nnc(S[C@H](C(=O)NC2CC2)c2ccccc2)s1. The fourth-order valence-electron chi connectivity index (χ4n) is 2.00. The smallest absolute Gasteiger partial charge is 0.238 e. The van der Waals surface area contributed by atoms with Crippen LogP contribution in [0.1, 0.15) is 37.0 Å². The average Bonchev–Trinajstić information content (AvgIpc) is 3.27. The van der Waals surface area contributed by atoms with Gasteiger partial charge in [-0.2, -0.15) is 0 Å². The highest BCUT2D eigenvalue weighted by Gasteiger charge is 2.29. The first-order valence-electron chi connectivity index (χ1n) is 7.74. The summed E-state index contributed by atoms with van der Waals surface area (Å²) in [4.78, 5) is 12.6. The van der Waals surface area contributed by atoms with Crippen LogP contribution in [-0.2, 0) is 4.79 Å². The van der Waals surface area contributed by atoms with Crippen LogP contribution in [0.2, 0.25) is 0 Å². The van der Waals surface area contributed by atoms with Gasteiger partial charge in [0.25, 0.3) is 0 Å². The van der Waals surface area contributed by atoms with Gasteiger partial charge < -0.3 is 5.32 Å². The summed E-state index contributed by atoms with van der Waals surface area (Å²) in [6.07, 6.45) is 3.30. The minimum atomic E-state index is -0.270. The molecule has 0 radical (unpaired) electrons. The zero-order valence-corrected chi connectivity index (χ0v) is 15.3. The summed E-state index contributed by atoms with van der Waals surface area (Å²) in [6, 6.07) is 10.3. The molecule has 2 aromatic rings. The van der Waals surface area contributed by atoms with Crippen molar-refractivity contribution in [3.8, 4) is 0 Å². The molecule has 0 aliphatic heterocycles. The average molecular weight is 366 g/mol. The van der Waals surface area contributed by atoms with Crippen LogP contribution in [0.5, 0.6) is 0 Å². The second kappa shape index (κ2) is 8.17. The molecule has 1 aliphatic carbocycles. The number of hydrogen-bond donors (Lipinski definition) is 1. The van der Waals surface area contributed by atoms with Crippen LogP contribution in [0.15, 0.2) is 39.0 Å². The normalized spacial score (nSPS) is 15.3. The Morgan fingerprint density at radius 1 is 1.30 bits per heavy atom. The first-order valence-corrected chi connectivity index (χ1v) is 10.4. The molecule has 0 bridgehead atoms. The van der Waals surface area contributed by atoms with Crippen LogP contribution < -0.4 is 5.32 Å². The van der Waals surface area contributed by atoms with E-state index in [1.807, 2.05) is 30.3 Å². The van der Waals surface area contributed by atoms with E-state index < -0.39 is 0 Å². The molecule has 3 rings (SSSR count). The summed E-state index contributed by atoms with van der Waals surface area (Å²) in [5.74, 6) is 1.12. The summed E-state index contributed by atoms with van der Waals surface area (Å²) >= 11 is 4.79. The van der Waals surface area contributed by atoms with Crippen molar-refractivity contribution in [1.29, 1.82) is 0 Å². The standard InChI is InChI=1S/C16H19N3OS3/c1-2-10-21-15-18-19-16(23-15)22-13(11-6-4-3-5-7-11)14(20)17-12-8-9-12/h3-7,12-13H,2,8-10H2,1H3,(H,17,20)/t13-/m0/s1. The van der Waals surface area contributed by atoms with Crippen LogP contribution in [-0.4, -0.2) is 27.9 Å². The van der Waals surface area contributed by atoms with E-state index in [0.717, 1.165) is 39.3 Å². The lowest BCUT2D eigenvalue weighted by molar-refractivity contribution is -0.120. The number of carbonyl (C=O) groups is 1. The number of thioether (sulfide) groups is 2. The molecular weight excluding hydrogens is 346 g/mol. The molecule has 1 saturated carbocycles. The number of carbonyl (C=O) groups excluding carboxylic acids is 1. The fourth-order valence-corrected chi connectivity index (χ4v) is 5.15. The largest absolute Gasteiger partial charge is 0.352 e. The second-order valence-corrected chi connectivity index (χ2v) is 9.05. The van der Waals surface area contributed by atoms with E-state index >= 15 is 0 Å². The number of amides is 1. The van der Waals surface area contributed by atoms with Crippen molar-refractivity contribution in [2.24, 2.45) is 0 Å². The summed E-state index contributed by atoms with van der Waals surface area (Å²) in [6.45, 7) is 2.15. The topological polar surface area (TPSA) is 54.9 Å². The molecule has 7 heteroatoms. The molecule has 23 heavy (non-hydrogen) atoms. The lowest BCUT2D eigenvalue weighted by Gasteiger charge is -2.15. The molecule has 1 aromatic carbocycles. The predicted molar refractivity (Wildman–Crippen MR) is 97.1 cm³/mol. The number of aromatic nitrogens is 2. The number of rotatable bonds is 8. The van der Waals surface area contributed by atoms with Crippen LogP contribution in [0.3, 0.4) is 0 Å². The first kappa shape index (κ1) is 16.8. The number of nitrogens with zero attached hydrogens (tertiary/aromatic N) is 2. The summed E-state index contributed by atoms with van der Waals surface area (Å²) in [7, 11) is 0. The molecule has 4 nitrogen and oxygen atoms in total. The van der Waals surface area contributed by atoms with Crippen molar-refractivity contribution in [3.05, 3.63) is 35.9 Å². The third-order valence-electron chi connectivity index (χ3n) is 3.30. The van der Waals surface area contributed by atoms with Gasteiger partial charge in [0, 0.05) is 11.8 Å². The summed E-state index contributed by atoms with van der Waals surface area (Å²) in [5.41, 5.74) is 1.01. The Hall–Kier alpha value is -1.05. The lowest BCUT2D eigenvalue weighted by atomic mass is 10.1. The zero-order chi connectivity index (χ0) is 16.1. The molecule has 1 N–H and O–H groups in total. The number of benzene rings is 1. The molecular formula is C16H19N3OS3. The maximum atomic E-state index is 12.6. The van der Waals surface area contributed by atoms with Gasteiger partial charge in [-0.05, 0) is 24.8 Å². The number of nitrogens with one attached hydrogen (secondary N) is 1. The third-order valence-corrected chi connectivity index (χ3v) is 6.90. The van der Waals surface area contributed by atoms with Crippen LogP contribution in [0.25, 0.3) is 0 Å². The van der Waals surface area contributed by atoms with Gasteiger partial charge in [0.2, 0.25) is 5.91 Å². The Morgan fingerprint density at radius 2 is 2.04 bits per heavy atom. The highest BCUT2D eigenvalue weighted by molar-refractivity contribution is 8.03. The Labute approximate surface area is 148 Å². The van der Waals surface area contributed by atoms with Crippen LogP contribution in [0.4, 0.5) is 0 Å². The Balaban J connectivity index is 1.72. The van der Waals surface area contributed by atoms with Crippen molar-refractivity contribution in [3.63, 3.8) is 0 Å². The minimum Gasteiger partial charge on any atom is -0.352 e. The van der Waals surface area contributed by atoms with E-state index in [2.05, 4.69) is 22.4 Å². The van der Waals surface area contributed by atoms with Crippen molar-refractivity contribution in [1.82, 2.24) is 15.5 Å². The van der Waals surface area contributed by atoms with Gasteiger partial charge in [0.05, 0.1) is 0 Å². The van der Waals surface area contributed by atoms with Crippen molar-refractivity contribution in [2.45, 2.75) is 46.2 Å². The van der Waals surface area contributed by atoms with E-state index in [0.29, 0.717) is 6.04 Å². The summed E-state index contributed by atoms with van der Waals surface area (Å²) in [5, 5.41) is 11.3. The van der Waals surface area contributed by atoms with Crippen molar-refractivity contribution >= 4 is 40.8 Å². The Bertz CT molecular complexity index is 643. The Morgan fingerprint density at radius 3 is 2.74 bits per heavy atom. The van der Waals surface area contributed by atoms with E-state index in [-0.39, 0.29) is 11.2 Å². The molecule has 1 amide bonds. The second-order valence-electron chi connectivity index (χ2n) is 5.37. The predicted octanol–water partition coefficient (Wildman–Crippen LogP) is 4.15. The van der Waals surface area contributed by atoms with E-state index in [1.165, 1.54) is 11.8 Å². The van der Waals surface area contributed by atoms with Gasteiger partial charge in [-0.25, -0.2) is 0 Å². The van der Waals surface area contributed by atoms with Gasteiger partial charge in [0.15, 0.2) is 8.68 Å². The zero-order valence-electron chi connectivity index (χ0n) is 12.9. The van der Waals surface area contributed by atoms with Crippen LogP contribution in [0, 0.1) is 0 Å². The summed E-state index contributed by atoms with van der Waals surface area (Å²) < 4.78 is 1.83. The first-order chi connectivity index (χ1) is 11.3. The van der Waals surface area contributed by atoms with Crippen molar-refractivity contribution in [2.75, 3.05) is 5.75 Å². The van der Waals surface area contributed by atoms with Gasteiger partial charge in [-0.3, -0.25) is 4.79 Å². The van der Waals surface area contributed by atoms with E-state index in [1.54, 1.807) is 23.1 Å². The molecule has 1 atom stereocenters. The molecule has 1 fully saturated rings. The van der Waals surface area contributed by atoms with Gasteiger partial charge in [0.1, 0.15) is 5.25 Å². The number of hydrogen-bond acceptors (Lipinski definition) is 6. The molecule has 1 heterocycles. The highest BCUT2D eigenvalue weighted by atomic mass is 32.2. The minimum absolute atomic E-state index is 0.0710. The monoisotopic (exact) mass is 365 g/mol. The van der Waals surface area contributed by atoms with E-state index in [9.17, 15) is 4.79 Å². The maximum Gasteiger partial charge on any atom is 0.238 e. The third kappa shape index (κ3) is 4.96. The molecule has 1 aromatic heterocycles. The molecule has 0 unspecified atom stereocenters. The fraction of sp³-hybridized carbons (Fsp3) is 0.438. The molecule has 1 aliphatic rings. The maximum absolute atomic E-state index is 12.6. The molecule has 0 saturated heterocycles.